The molecule has 0 heterocycles. The standard InChI is InChI=1S/C12H20O2/c1-4-12(8-11(13)14)6-5-10(7-12)9(2)3/h4,9-10H,1,5-8H2,2-3H3,(H,13,14)/t10-,12+/m0/s1. The van der Waals surface area contributed by atoms with Gasteiger partial charge in [-0.2, -0.15) is 0 Å². The zero-order valence-electron chi connectivity index (χ0n) is 9.12. The highest BCUT2D eigenvalue weighted by Gasteiger charge is 2.39. The summed E-state index contributed by atoms with van der Waals surface area (Å²) in [6.07, 6.45) is 5.26. The molecule has 14 heavy (non-hydrogen) atoms. The SMILES string of the molecule is C=C[C@@]1(CC(=O)O)CC[C@H](C(C)C)C1. The van der Waals surface area contributed by atoms with Gasteiger partial charge in [-0.3, -0.25) is 4.79 Å². The summed E-state index contributed by atoms with van der Waals surface area (Å²) in [5.41, 5.74) is -0.124. The Balaban J connectivity index is 2.65. The van der Waals surface area contributed by atoms with Gasteiger partial charge in [0.15, 0.2) is 0 Å². The van der Waals surface area contributed by atoms with Crippen LogP contribution < -0.4 is 0 Å². The fourth-order valence-corrected chi connectivity index (χ4v) is 2.49. The molecule has 0 bridgehead atoms. The molecule has 0 saturated heterocycles. The van der Waals surface area contributed by atoms with Gasteiger partial charge in [0.1, 0.15) is 0 Å². The Hall–Kier alpha value is -0.790. The van der Waals surface area contributed by atoms with Crippen LogP contribution in [0.2, 0.25) is 0 Å². The van der Waals surface area contributed by atoms with E-state index in [1.807, 2.05) is 6.08 Å². The maximum absolute atomic E-state index is 10.7. The molecule has 2 atom stereocenters. The van der Waals surface area contributed by atoms with E-state index in [1.165, 1.54) is 0 Å². The third-order valence-electron chi connectivity index (χ3n) is 3.56. The molecule has 0 aromatic heterocycles. The van der Waals surface area contributed by atoms with Crippen LogP contribution in [-0.2, 0) is 4.79 Å². The zero-order valence-corrected chi connectivity index (χ0v) is 9.12. The Morgan fingerprint density at radius 1 is 1.71 bits per heavy atom. The fourth-order valence-electron chi connectivity index (χ4n) is 2.49. The summed E-state index contributed by atoms with van der Waals surface area (Å²) in [7, 11) is 0. The molecule has 0 aromatic carbocycles. The lowest BCUT2D eigenvalue weighted by molar-refractivity contribution is -0.139. The van der Waals surface area contributed by atoms with Gasteiger partial charge in [0.2, 0.25) is 0 Å². The van der Waals surface area contributed by atoms with Crippen LogP contribution in [-0.4, -0.2) is 11.1 Å². The van der Waals surface area contributed by atoms with Crippen molar-refractivity contribution in [2.24, 2.45) is 17.3 Å². The third kappa shape index (κ3) is 2.37. The molecule has 0 aromatic rings. The molecule has 80 valence electrons. The molecule has 2 heteroatoms. The Labute approximate surface area is 86.0 Å². The first-order valence-electron chi connectivity index (χ1n) is 5.34. The van der Waals surface area contributed by atoms with Crippen LogP contribution in [0.1, 0.15) is 39.5 Å². The Morgan fingerprint density at radius 2 is 2.36 bits per heavy atom. The molecule has 0 amide bonds. The summed E-state index contributed by atoms with van der Waals surface area (Å²) in [5.74, 6) is 0.632. The summed E-state index contributed by atoms with van der Waals surface area (Å²) >= 11 is 0. The molecule has 2 nitrogen and oxygen atoms in total. The number of carboxylic acid groups (broad SMARTS) is 1. The lowest BCUT2D eigenvalue weighted by Crippen LogP contribution is -2.19. The van der Waals surface area contributed by atoms with E-state index in [1.54, 1.807) is 0 Å². The number of aliphatic carboxylic acids is 1. The Bertz CT molecular complexity index is 232. The van der Waals surface area contributed by atoms with Crippen LogP contribution in [0.4, 0.5) is 0 Å². The van der Waals surface area contributed by atoms with Crippen LogP contribution >= 0.6 is 0 Å². The number of allylic oxidation sites excluding steroid dienone is 1. The maximum Gasteiger partial charge on any atom is 0.304 e. The van der Waals surface area contributed by atoms with E-state index >= 15 is 0 Å². The van der Waals surface area contributed by atoms with Crippen LogP contribution in [0.15, 0.2) is 12.7 Å². The summed E-state index contributed by atoms with van der Waals surface area (Å²) < 4.78 is 0. The fraction of sp³-hybridized carbons (Fsp3) is 0.750. The van der Waals surface area contributed by atoms with Gasteiger partial charge in [0, 0.05) is 0 Å². The molecule has 1 aliphatic rings. The van der Waals surface area contributed by atoms with Gasteiger partial charge in [-0.1, -0.05) is 19.9 Å². The average Bonchev–Trinajstić information content (AvgIpc) is 2.49. The van der Waals surface area contributed by atoms with Crippen molar-refractivity contribution < 1.29 is 9.90 Å². The van der Waals surface area contributed by atoms with Gasteiger partial charge in [-0.25, -0.2) is 0 Å². The maximum atomic E-state index is 10.7. The second-order valence-electron chi connectivity index (χ2n) is 4.88. The smallest absolute Gasteiger partial charge is 0.304 e. The first-order chi connectivity index (χ1) is 6.49. The van der Waals surface area contributed by atoms with Crippen molar-refractivity contribution >= 4 is 5.97 Å². The van der Waals surface area contributed by atoms with Gasteiger partial charge in [0.05, 0.1) is 6.42 Å². The normalized spacial score (nSPS) is 32.1. The van der Waals surface area contributed by atoms with Crippen molar-refractivity contribution in [2.75, 3.05) is 0 Å². The van der Waals surface area contributed by atoms with E-state index in [2.05, 4.69) is 20.4 Å². The summed E-state index contributed by atoms with van der Waals surface area (Å²) in [6.45, 7) is 8.22. The number of rotatable bonds is 4. The monoisotopic (exact) mass is 196 g/mol. The van der Waals surface area contributed by atoms with Crippen molar-refractivity contribution in [3.05, 3.63) is 12.7 Å². The molecular weight excluding hydrogens is 176 g/mol. The van der Waals surface area contributed by atoms with E-state index in [0.29, 0.717) is 11.8 Å². The van der Waals surface area contributed by atoms with Gasteiger partial charge >= 0.3 is 5.97 Å². The number of hydrogen-bond acceptors (Lipinski definition) is 1. The van der Waals surface area contributed by atoms with Gasteiger partial charge in [-0.05, 0) is 36.5 Å². The lowest BCUT2D eigenvalue weighted by atomic mass is 9.80. The van der Waals surface area contributed by atoms with Crippen LogP contribution in [0.25, 0.3) is 0 Å². The van der Waals surface area contributed by atoms with Crippen molar-refractivity contribution in [2.45, 2.75) is 39.5 Å². The van der Waals surface area contributed by atoms with Crippen LogP contribution in [0.3, 0.4) is 0 Å². The minimum Gasteiger partial charge on any atom is -0.481 e. The molecule has 1 rings (SSSR count). The molecule has 0 radical (unpaired) electrons. The van der Waals surface area contributed by atoms with Crippen molar-refractivity contribution in [3.8, 4) is 0 Å². The van der Waals surface area contributed by atoms with E-state index < -0.39 is 5.97 Å². The molecule has 1 fully saturated rings. The second kappa shape index (κ2) is 4.16. The summed E-state index contributed by atoms with van der Waals surface area (Å²) in [4.78, 5) is 10.7. The number of hydrogen-bond donors (Lipinski definition) is 1. The second-order valence-corrected chi connectivity index (χ2v) is 4.88. The summed E-state index contributed by atoms with van der Waals surface area (Å²) in [6, 6.07) is 0. The first-order valence-corrected chi connectivity index (χ1v) is 5.34. The van der Waals surface area contributed by atoms with Crippen molar-refractivity contribution in [1.82, 2.24) is 0 Å². The Kier molecular flexibility index (Phi) is 3.35. The van der Waals surface area contributed by atoms with Gasteiger partial charge in [-0.15, -0.1) is 6.58 Å². The average molecular weight is 196 g/mol. The van der Waals surface area contributed by atoms with Crippen molar-refractivity contribution in [1.29, 1.82) is 0 Å². The molecule has 1 N–H and O–H groups in total. The van der Waals surface area contributed by atoms with E-state index in [9.17, 15) is 4.79 Å². The molecule has 0 unspecified atom stereocenters. The van der Waals surface area contributed by atoms with Crippen LogP contribution in [0, 0.1) is 17.3 Å². The topological polar surface area (TPSA) is 37.3 Å². The molecule has 0 spiro atoms. The predicted molar refractivity (Wildman–Crippen MR) is 57.1 cm³/mol. The third-order valence-corrected chi connectivity index (χ3v) is 3.56. The molecular formula is C12H20O2. The predicted octanol–water partition coefficient (Wildman–Crippen LogP) is 3.09. The molecule has 0 aliphatic heterocycles. The van der Waals surface area contributed by atoms with Crippen molar-refractivity contribution in [3.63, 3.8) is 0 Å². The number of carbonyl (C=O) groups is 1. The van der Waals surface area contributed by atoms with E-state index in [4.69, 9.17) is 5.11 Å². The lowest BCUT2D eigenvalue weighted by Gasteiger charge is -2.24. The quantitative estimate of drug-likeness (QED) is 0.701. The largest absolute Gasteiger partial charge is 0.481 e. The minimum atomic E-state index is -0.700. The van der Waals surface area contributed by atoms with Gasteiger partial charge in [0.25, 0.3) is 0 Å². The highest BCUT2D eigenvalue weighted by molar-refractivity contribution is 5.68. The highest BCUT2D eigenvalue weighted by Crippen LogP contribution is 2.47. The number of carboxylic acids is 1. The van der Waals surface area contributed by atoms with E-state index in [0.717, 1.165) is 19.3 Å². The summed E-state index contributed by atoms with van der Waals surface area (Å²) in [5, 5.41) is 8.85. The zero-order chi connectivity index (χ0) is 10.8. The van der Waals surface area contributed by atoms with Crippen LogP contribution in [0.5, 0.6) is 0 Å². The molecule has 1 aliphatic carbocycles. The Morgan fingerprint density at radius 3 is 2.71 bits per heavy atom. The van der Waals surface area contributed by atoms with E-state index in [-0.39, 0.29) is 11.8 Å². The van der Waals surface area contributed by atoms with Gasteiger partial charge < -0.3 is 5.11 Å². The molecule has 1 saturated carbocycles. The highest BCUT2D eigenvalue weighted by atomic mass is 16.4. The first kappa shape index (κ1) is 11.3. The minimum absolute atomic E-state index is 0.124.